The summed E-state index contributed by atoms with van der Waals surface area (Å²) in [4.78, 5) is 0. The molecule has 1 aliphatic carbocycles. The molecule has 3 nitrogen and oxygen atoms in total. The number of aliphatic hydroxyl groups excluding tert-OH is 1. The Hall–Kier alpha value is -0.120. The molecule has 3 N–H and O–H groups in total. The smallest absolute Gasteiger partial charge is 0.0972 e. The van der Waals surface area contributed by atoms with Crippen molar-refractivity contribution in [2.24, 2.45) is 5.92 Å². The highest BCUT2D eigenvalue weighted by molar-refractivity contribution is 4.76. The van der Waals surface area contributed by atoms with Crippen LogP contribution in [0.1, 0.15) is 39.0 Å². The molecular weight excluding hydrogens is 178 g/mol. The van der Waals surface area contributed by atoms with Crippen molar-refractivity contribution in [1.29, 1.82) is 0 Å². The first kappa shape index (κ1) is 12.0. The normalized spacial score (nSPS) is 23.4. The van der Waals surface area contributed by atoms with Gasteiger partial charge in [0, 0.05) is 6.54 Å². The van der Waals surface area contributed by atoms with Crippen LogP contribution >= 0.6 is 0 Å². The Morgan fingerprint density at radius 2 is 1.93 bits per heavy atom. The second kappa shape index (κ2) is 5.69. The van der Waals surface area contributed by atoms with Crippen LogP contribution in [0.15, 0.2) is 0 Å². The van der Waals surface area contributed by atoms with E-state index < -0.39 is 5.60 Å². The topological polar surface area (TPSA) is 52.5 Å². The van der Waals surface area contributed by atoms with E-state index in [4.69, 9.17) is 5.11 Å². The molecule has 0 bridgehead atoms. The van der Waals surface area contributed by atoms with Gasteiger partial charge in [-0.15, -0.1) is 0 Å². The Morgan fingerprint density at radius 3 is 2.50 bits per heavy atom. The van der Waals surface area contributed by atoms with Crippen molar-refractivity contribution < 1.29 is 10.2 Å². The van der Waals surface area contributed by atoms with Gasteiger partial charge in [0.15, 0.2) is 0 Å². The molecular formula is C11H23NO2. The maximum Gasteiger partial charge on any atom is 0.0972 e. The first-order valence-corrected chi connectivity index (χ1v) is 5.68. The fourth-order valence-electron chi connectivity index (χ4n) is 1.99. The Morgan fingerprint density at radius 1 is 1.29 bits per heavy atom. The highest BCUT2D eigenvalue weighted by Gasteiger charge is 2.19. The maximum atomic E-state index is 9.54. The fraction of sp³-hybridized carbons (Fsp3) is 1.00. The summed E-state index contributed by atoms with van der Waals surface area (Å²) < 4.78 is 0. The Kier molecular flexibility index (Phi) is 4.85. The number of aliphatic hydroxyl groups is 2. The van der Waals surface area contributed by atoms with Crippen molar-refractivity contribution in [3.05, 3.63) is 0 Å². The van der Waals surface area contributed by atoms with Gasteiger partial charge in [-0.25, -0.2) is 0 Å². The standard InChI is InChI=1S/C11H23NO2/c1-11(14,9-13)8-12-7-10-5-3-2-4-6-10/h10,12-14H,2-9H2,1H3. The fourth-order valence-corrected chi connectivity index (χ4v) is 1.99. The summed E-state index contributed by atoms with van der Waals surface area (Å²) in [7, 11) is 0. The maximum absolute atomic E-state index is 9.54. The molecule has 0 aromatic rings. The van der Waals surface area contributed by atoms with E-state index in [1.54, 1.807) is 6.92 Å². The molecule has 0 spiro atoms. The first-order valence-electron chi connectivity index (χ1n) is 5.68. The lowest BCUT2D eigenvalue weighted by atomic mass is 9.89. The van der Waals surface area contributed by atoms with E-state index in [0.717, 1.165) is 12.5 Å². The van der Waals surface area contributed by atoms with E-state index in [2.05, 4.69) is 5.32 Å². The van der Waals surface area contributed by atoms with Crippen molar-refractivity contribution in [2.45, 2.75) is 44.6 Å². The number of hydrogen-bond acceptors (Lipinski definition) is 3. The molecule has 1 fully saturated rings. The monoisotopic (exact) mass is 201 g/mol. The first-order chi connectivity index (χ1) is 6.64. The van der Waals surface area contributed by atoms with Crippen LogP contribution in [0, 0.1) is 5.92 Å². The van der Waals surface area contributed by atoms with Crippen molar-refractivity contribution in [3.8, 4) is 0 Å². The van der Waals surface area contributed by atoms with Crippen LogP contribution < -0.4 is 5.32 Å². The van der Waals surface area contributed by atoms with Crippen molar-refractivity contribution in [1.82, 2.24) is 5.32 Å². The third-order valence-corrected chi connectivity index (χ3v) is 3.00. The molecule has 14 heavy (non-hydrogen) atoms. The van der Waals surface area contributed by atoms with Gasteiger partial charge in [-0.1, -0.05) is 19.3 Å². The second-order valence-electron chi connectivity index (χ2n) is 4.79. The average molecular weight is 201 g/mol. The lowest BCUT2D eigenvalue weighted by Gasteiger charge is -2.25. The molecule has 1 unspecified atom stereocenters. The third kappa shape index (κ3) is 4.40. The number of hydrogen-bond donors (Lipinski definition) is 3. The third-order valence-electron chi connectivity index (χ3n) is 3.00. The van der Waals surface area contributed by atoms with Crippen LogP contribution in [0.25, 0.3) is 0 Å². The quantitative estimate of drug-likeness (QED) is 0.619. The minimum absolute atomic E-state index is 0.176. The average Bonchev–Trinajstić information content (AvgIpc) is 2.19. The summed E-state index contributed by atoms with van der Waals surface area (Å²) in [6.45, 7) is 2.95. The van der Waals surface area contributed by atoms with Crippen LogP contribution in [0.4, 0.5) is 0 Å². The molecule has 1 saturated carbocycles. The van der Waals surface area contributed by atoms with Gasteiger partial charge in [0.05, 0.1) is 12.2 Å². The predicted molar refractivity (Wildman–Crippen MR) is 57.2 cm³/mol. The van der Waals surface area contributed by atoms with Gasteiger partial charge < -0.3 is 15.5 Å². The summed E-state index contributed by atoms with van der Waals surface area (Å²) in [6, 6.07) is 0. The molecule has 1 aliphatic rings. The molecule has 0 saturated heterocycles. The largest absolute Gasteiger partial charge is 0.393 e. The summed E-state index contributed by atoms with van der Waals surface area (Å²) in [5.41, 5.74) is -0.964. The summed E-state index contributed by atoms with van der Waals surface area (Å²) in [5, 5.41) is 21.6. The van der Waals surface area contributed by atoms with E-state index in [-0.39, 0.29) is 6.61 Å². The molecule has 0 radical (unpaired) electrons. The zero-order valence-corrected chi connectivity index (χ0v) is 9.13. The van der Waals surface area contributed by atoms with Crippen LogP contribution in [-0.4, -0.2) is 35.5 Å². The van der Waals surface area contributed by atoms with Gasteiger partial charge >= 0.3 is 0 Å². The van der Waals surface area contributed by atoms with E-state index in [9.17, 15) is 5.11 Å². The van der Waals surface area contributed by atoms with Crippen LogP contribution in [-0.2, 0) is 0 Å². The van der Waals surface area contributed by atoms with E-state index >= 15 is 0 Å². The molecule has 0 amide bonds. The SMILES string of the molecule is CC(O)(CO)CNCC1CCCCC1. The van der Waals surface area contributed by atoms with Gasteiger partial charge in [0.2, 0.25) is 0 Å². The van der Waals surface area contributed by atoms with E-state index in [1.807, 2.05) is 0 Å². The Labute approximate surface area is 86.5 Å². The molecule has 1 rings (SSSR count). The van der Waals surface area contributed by atoms with Crippen molar-refractivity contribution in [2.75, 3.05) is 19.7 Å². The molecule has 84 valence electrons. The van der Waals surface area contributed by atoms with E-state index in [1.165, 1.54) is 32.1 Å². The summed E-state index contributed by atoms with van der Waals surface area (Å²) in [5.74, 6) is 0.776. The van der Waals surface area contributed by atoms with Gasteiger partial charge in [-0.3, -0.25) is 0 Å². The Balaban J connectivity index is 2.08. The molecule has 0 heterocycles. The summed E-state index contributed by atoms with van der Waals surface area (Å²) >= 11 is 0. The van der Waals surface area contributed by atoms with Gasteiger partial charge in [-0.2, -0.15) is 0 Å². The van der Waals surface area contributed by atoms with Crippen LogP contribution in [0.5, 0.6) is 0 Å². The molecule has 0 aliphatic heterocycles. The number of rotatable bonds is 5. The molecule has 3 heteroatoms. The lowest BCUT2D eigenvalue weighted by molar-refractivity contribution is 0.00198. The predicted octanol–water partition coefficient (Wildman–Crippen LogP) is 0.900. The van der Waals surface area contributed by atoms with Crippen molar-refractivity contribution >= 4 is 0 Å². The highest BCUT2D eigenvalue weighted by atomic mass is 16.3. The molecule has 1 atom stereocenters. The minimum Gasteiger partial charge on any atom is -0.393 e. The molecule has 0 aromatic heterocycles. The van der Waals surface area contributed by atoms with E-state index in [0.29, 0.717) is 6.54 Å². The summed E-state index contributed by atoms with van der Waals surface area (Å²) in [6.07, 6.45) is 6.71. The van der Waals surface area contributed by atoms with Gasteiger partial charge in [-0.05, 0) is 32.2 Å². The van der Waals surface area contributed by atoms with Crippen LogP contribution in [0.2, 0.25) is 0 Å². The van der Waals surface area contributed by atoms with Crippen molar-refractivity contribution in [3.63, 3.8) is 0 Å². The highest BCUT2D eigenvalue weighted by Crippen LogP contribution is 2.22. The van der Waals surface area contributed by atoms with Crippen LogP contribution in [0.3, 0.4) is 0 Å². The van der Waals surface area contributed by atoms with Gasteiger partial charge in [0.1, 0.15) is 0 Å². The molecule has 0 aromatic carbocycles. The Bertz CT molecular complexity index is 153. The second-order valence-corrected chi connectivity index (χ2v) is 4.79. The minimum atomic E-state index is -0.964. The zero-order valence-electron chi connectivity index (χ0n) is 9.13. The number of nitrogens with one attached hydrogen (secondary N) is 1. The zero-order chi connectivity index (χ0) is 10.4. The van der Waals surface area contributed by atoms with Gasteiger partial charge in [0.25, 0.3) is 0 Å². The lowest BCUT2D eigenvalue weighted by Crippen LogP contribution is -2.42.